The molecule has 2 nitrogen and oxygen atoms in total. The fourth-order valence-electron chi connectivity index (χ4n) is 4.89. The Morgan fingerprint density at radius 3 is 1.59 bits per heavy atom. The molecule has 0 spiro atoms. The first-order chi connectivity index (χ1) is 8.28. The van der Waals surface area contributed by atoms with Crippen LogP contribution in [0.2, 0.25) is 0 Å². The molecule has 4 bridgehead atoms. The molecule has 2 heteroatoms. The van der Waals surface area contributed by atoms with Crippen molar-refractivity contribution in [2.45, 2.75) is 81.7 Å². The quantitative estimate of drug-likeness (QED) is 0.626. The molecule has 0 heterocycles. The van der Waals surface area contributed by atoms with E-state index in [-0.39, 0.29) is 0 Å². The average molecular weight is 232 g/mol. The molecule has 0 saturated heterocycles. The lowest BCUT2D eigenvalue weighted by Gasteiger charge is -2.43. The largest absolute Gasteiger partial charge is 0.187 e. The molecular weight excluding hydrogens is 208 g/mol. The first kappa shape index (κ1) is 10.5. The van der Waals surface area contributed by atoms with Crippen LogP contribution >= 0.6 is 0 Å². The first-order valence-corrected chi connectivity index (χ1v) is 7.72. The van der Waals surface area contributed by atoms with Crippen molar-refractivity contribution in [3.8, 4) is 0 Å². The second kappa shape index (κ2) is 3.55. The SMILES string of the molecule is C1CC2(N=NC34CCC(CC3)C4)CCC1CC2. The van der Waals surface area contributed by atoms with Gasteiger partial charge >= 0.3 is 0 Å². The molecule has 0 atom stereocenters. The van der Waals surface area contributed by atoms with Crippen LogP contribution in [0.25, 0.3) is 0 Å². The van der Waals surface area contributed by atoms with Crippen LogP contribution in [0.4, 0.5) is 0 Å². The van der Waals surface area contributed by atoms with Gasteiger partial charge in [-0.1, -0.05) is 0 Å². The van der Waals surface area contributed by atoms with E-state index < -0.39 is 0 Å². The molecule has 0 amide bonds. The van der Waals surface area contributed by atoms with Crippen molar-refractivity contribution in [1.82, 2.24) is 0 Å². The van der Waals surface area contributed by atoms with Gasteiger partial charge in [0.25, 0.3) is 0 Å². The number of nitrogens with zero attached hydrogens (tertiary/aromatic N) is 2. The minimum atomic E-state index is 0.296. The summed E-state index contributed by atoms with van der Waals surface area (Å²) < 4.78 is 0. The van der Waals surface area contributed by atoms with E-state index in [9.17, 15) is 0 Å². The van der Waals surface area contributed by atoms with E-state index in [0.717, 1.165) is 11.8 Å². The van der Waals surface area contributed by atoms with Crippen LogP contribution < -0.4 is 0 Å². The molecule has 94 valence electrons. The lowest BCUT2D eigenvalue weighted by Crippen LogP contribution is -2.38. The number of azo groups is 1. The van der Waals surface area contributed by atoms with Crippen LogP contribution in [-0.4, -0.2) is 11.1 Å². The van der Waals surface area contributed by atoms with Gasteiger partial charge in [-0.3, -0.25) is 0 Å². The van der Waals surface area contributed by atoms with E-state index in [0.29, 0.717) is 11.1 Å². The second-order valence-corrected chi connectivity index (χ2v) is 7.28. The summed E-state index contributed by atoms with van der Waals surface area (Å²) in [5.74, 6) is 2.03. The van der Waals surface area contributed by atoms with Gasteiger partial charge in [0.05, 0.1) is 11.1 Å². The van der Waals surface area contributed by atoms with Gasteiger partial charge in [-0.2, -0.15) is 10.2 Å². The van der Waals surface area contributed by atoms with Gasteiger partial charge in [-0.25, -0.2) is 0 Å². The smallest absolute Gasteiger partial charge is 0.0819 e. The normalized spacial score (nSPS) is 52.7. The zero-order valence-corrected chi connectivity index (χ0v) is 10.8. The van der Waals surface area contributed by atoms with E-state index in [1.54, 1.807) is 0 Å². The molecule has 17 heavy (non-hydrogen) atoms. The lowest BCUT2D eigenvalue weighted by atomic mass is 9.66. The summed E-state index contributed by atoms with van der Waals surface area (Å²) in [5.41, 5.74) is 0.609. The van der Waals surface area contributed by atoms with E-state index in [1.165, 1.54) is 70.6 Å². The second-order valence-electron chi connectivity index (χ2n) is 7.28. The molecule has 5 aliphatic carbocycles. The van der Waals surface area contributed by atoms with Crippen LogP contribution in [0, 0.1) is 11.8 Å². The van der Waals surface area contributed by atoms with Gasteiger partial charge in [0, 0.05) is 0 Å². The minimum Gasteiger partial charge on any atom is -0.187 e. The molecule has 0 unspecified atom stereocenters. The highest BCUT2D eigenvalue weighted by Crippen LogP contribution is 2.52. The summed E-state index contributed by atoms with van der Waals surface area (Å²) >= 11 is 0. The molecule has 0 aromatic rings. The van der Waals surface area contributed by atoms with Gasteiger partial charge in [0.15, 0.2) is 0 Å². The van der Waals surface area contributed by atoms with E-state index in [4.69, 9.17) is 10.2 Å². The summed E-state index contributed by atoms with van der Waals surface area (Å²) in [5, 5.41) is 9.88. The molecule has 0 aromatic carbocycles. The van der Waals surface area contributed by atoms with E-state index in [1.807, 2.05) is 0 Å². The molecule has 5 fully saturated rings. The molecule has 0 aromatic heterocycles. The molecule has 0 aliphatic heterocycles. The first-order valence-electron chi connectivity index (χ1n) is 7.72. The van der Waals surface area contributed by atoms with E-state index >= 15 is 0 Å². The average Bonchev–Trinajstić information content (AvgIpc) is 3.00. The van der Waals surface area contributed by atoms with Crippen LogP contribution in [0.3, 0.4) is 0 Å². The molecule has 5 rings (SSSR count). The Morgan fingerprint density at radius 2 is 1.06 bits per heavy atom. The molecule has 0 N–H and O–H groups in total. The monoisotopic (exact) mass is 232 g/mol. The Balaban J connectivity index is 1.52. The van der Waals surface area contributed by atoms with E-state index in [2.05, 4.69) is 0 Å². The minimum absolute atomic E-state index is 0.296. The molecular formula is C15H24N2. The van der Waals surface area contributed by atoms with Gasteiger partial charge in [-0.05, 0) is 82.5 Å². The highest BCUT2D eigenvalue weighted by molar-refractivity contribution is 5.03. The summed E-state index contributed by atoms with van der Waals surface area (Å²) in [4.78, 5) is 0. The zero-order valence-electron chi connectivity index (χ0n) is 10.8. The standard InChI is InChI=1S/C15H24N2/c1-6-14(7-2-12(1)3-8-14)16-17-15-9-4-13(11-15)5-10-15/h12-13H,1-11H2. The Bertz CT molecular complexity index is 317. The fraction of sp³-hybridized carbons (Fsp3) is 1.00. The summed E-state index contributed by atoms with van der Waals surface area (Å²) in [6, 6.07) is 0. The van der Waals surface area contributed by atoms with Gasteiger partial charge < -0.3 is 0 Å². The predicted octanol–water partition coefficient (Wildman–Crippen LogP) is 4.49. The highest BCUT2D eigenvalue weighted by atomic mass is 15.2. The van der Waals surface area contributed by atoms with Crippen LogP contribution in [-0.2, 0) is 0 Å². The maximum Gasteiger partial charge on any atom is 0.0819 e. The van der Waals surface area contributed by atoms with Crippen molar-refractivity contribution in [2.24, 2.45) is 22.1 Å². The summed E-state index contributed by atoms with van der Waals surface area (Å²) in [7, 11) is 0. The Hall–Kier alpha value is -0.400. The van der Waals surface area contributed by atoms with Crippen molar-refractivity contribution in [1.29, 1.82) is 0 Å². The number of rotatable bonds is 2. The third-order valence-electron chi connectivity index (χ3n) is 6.23. The Kier molecular flexibility index (Phi) is 2.20. The summed E-state index contributed by atoms with van der Waals surface area (Å²) in [6.45, 7) is 0. The van der Waals surface area contributed by atoms with Crippen molar-refractivity contribution in [3.63, 3.8) is 0 Å². The topological polar surface area (TPSA) is 24.7 Å². The van der Waals surface area contributed by atoms with Crippen LogP contribution in [0.5, 0.6) is 0 Å². The number of fused-ring (bicyclic) bond motifs is 5. The number of hydrogen-bond acceptors (Lipinski definition) is 2. The zero-order chi connectivity index (χ0) is 11.3. The van der Waals surface area contributed by atoms with Crippen molar-refractivity contribution in [2.75, 3.05) is 0 Å². The number of hydrogen-bond donors (Lipinski definition) is 0. The van der Waals surface area contributed by atoms with Crippen molar-refractivity contribution >= 4 is 0 Å². The fourth-order valence-corrected chi connectivity index (χ4v) is 4.89. The van der Waals surface area contributed by atoms with Gasteiger partial charge in [0.1, 0.15) is 0 Å². The predicted molar refractivity (Wildman–Crippen MR) is 68.1 cm³/mol. The highest BCUT2D eigenvalue weighted by Gasteiger charge is 2.47. The maximum atomic E-state index is 4.95. The third kappa shape index (κ3) is 1.67. The molecule has 5 saturated carbocycles. The van der Waals surface area contributed by atoms with Crippen LogP contribution in [0.1, 0.15) is 70.6 Å². The Morgan fingerprint density at radius 1 is 0.588 bits per heavy atom. The van der Waals surface area contributed by atoms with Gasteiger partial charge in [0.2, 0.25) is 0 Å². The third-order valence-corrected chi connectivity index (χ3v) is 6.23. The van der Waals surface area contributed by atoms with Crippen molar-refractivity contribution < 1.29 is 0 Å². The molecule has 0 radical (unpaired) electrons. The molecule has 5 aliphatic rings. The summed E-state index contributed by atoms with van der Waals surface area (Å²) in [6.07, 6.45) is 15.1. The van der Waals surface area contributed by atoms with Crippen LogP contribution in [0.15, 0.2) is 10.2 Å². The van der Waals surface area contributed by atoms with Gasteiger partial charge in [-0.15, -0.1) is 0 Å². The Labute approximate surface area is 104 Å². The van der Waals surface area contributed by atoms with Crippen molar-refractivity contribution in [3.05, 3.63) is 0 Å². The maximum absolute atomic E-state index is 4.95. The lowest BCUT2D eigenvalue weighted by molar-refractivity contribution is 0.132.